The van der Waals surface area contributed by atoms with Crippen LogP contribution >= 0.6 is 15.9 Å². The van der Waals surface area contributed by atoms with E-state index in [1.54, 1.807) is 0 Å². The van der Waals surface area contributed by atoms with Crippen molar-refractivity contribution < 1.29 is 17.9 Å². The topological polar surface area (TPSA) is 9.23 Å². The summed E-state index contributed by atoms with van der Waals surface area (Å²) in [6, 6.07) is 0. The van der Waals surface area contributed by atoms with Crippen molar-refractivity contribution >= 4 is 15.9 Å². The first kappa shape index (κ1) is 14.3. The second-order valence-corrected chi connectivity index (χ2v) is 5.56. The van der Waals surface area contributed by atoms with Gasteiger partial charge in [-0.25, -0.2) is 0 Å². The van der Waals surface area contributed by atoms with Gasteiger partial charge >= 0.3 is 6.18 Å². The summed E-state index contributed by atoms with van der Waals surface area (Å²) in [5.41, 5.74) is -0.125. The maximum Gasteiger partial charge on any atom is 0.414 e. The molecule has 0 aromatic heterocycles. The Bertz CT molecular complexity index is 238. The largest absolute Gasteiger partial charge is 0.414 e. The molecule has 1 fully saturated rings. The molecule has 16 heavy (non-hydrogen) atoms. The monoisotopic (exact) mass is 302 g/mol. The molecule has 1 nitrogen and oxygen atoms in total. The lowest BCUT2D eigenvalue weighted by Crippen LogP contribution is -2.56. The van der Waals surface area contributed by atoms with E-state index in [0.717, 1.165) is 19.8 Å². The molecule has 0 aromatic rings. The third kappa shape index (κ3) is 2.40. The first-order chi connectivity index (χ1) is 7.28. The standard InChI is InChI=1S/C11H18BrF3O/c1-4-10(5-2)8(12)6-9(10)16-7(3)11(13,14)15/h7-9H,4-6H2,1-3H3. The van der Waals surface area contributed by atoms with Gasteiger partial charge in [0.15, 0.2) is 6.10 Å². The third-order valence-corrected chi connectivity index (χ3v) is 5.12. The van der Waals surface area contributed by atoms with E-state index in [9.17, 15) is 13.2 Å². The van der Waals surface area contributed by atoms with Gasteiger partial charge in [-0.15, -0.1) is 0 Å². The summed E-state index contributed by atoms with van der Waals surface area (Å²) in [7, 11) is 0. The van der Waals surface area contributed by atoms with E-state index in [2.05, 4.69) is 15.9 Å². The molecule has 0 aromatic carbocycles. The highest BCUT2D eigenvalue weighted by Gasteiger charge is 2.54. The Morgan fingerprint density at radius 1 is 1.38 bits per heavy atom. The highest BCUT2D eigenvalue weighted by atomic mass is 79.9. The van der Waals surface area contributed by atoms with Crippen LogP contribution in [-0.4, -0.2) is 23.2 Å². The van der Waals surface area contributed by atoms with Crippen LogP contribution in [0.4, 0.5) is 13.2 Å². The van der Waals surface area contributed by atoms with E-state index in [4.69, 9.17) is 4.74 Å². The van der Waals surface area contributed by atoms with Crippen LogP contribution in [0, 0.1) is 5.41 Å². The maximum atomic E-state index is 12.4. The average molecular weight is 303 g/mol. The maximum absolute atomic E-state index is 12.4. The predicted molar refractivity (Wildman–Crippen MR) is 60.7 cm³/mol. The predicted octanol–water partition coefficient (Wildman–Crippen LogP) is 4.30. The van der Waals surface area contributed by atoms with Crippen LogP contribution in [0.25, 0.3) is 0 Å². The molecule has 0 spiro atoms. The lowest BCUT2D eigenvalue weighted by atomic mass is 9.62. The minimum atomic E-state index is -4.26. The number of rotatable bonds is 4. The van der Waals surface area contributed by atoms with E-state index >= 15 is 0 Å². The van der Waals surface area contributed by atoms with Gasteiger partial charge < -0.3 is 4.74 Å². The molecule has 1 aliphatic carbocycles. The zero-order valence-electron chi connectivity index (χ0n) is 9.77. The van der Waals surface area contributed by atoms with Gasteiger partial charge in [-0.05, 0) is 26.2 Å². The normalized spacial score (nSPS) is 30.9. The summed E-state index contributed by atoms with van der Waals surface area (Å²) in [5, 5.41) is 0. The fourth-order valence-electron chi connectivity index (χ4n) is 2.36. The van der Waals surface area contributed by atoms with Gasteiger partial charge in [-0.3, -0.25) is 0 Å². The van der Waals surface area contributed by atoms with Crippen molar-refractivity contribution in [3.8, 4) is 0 Å². The minimum absolute atomic E-state index is 0.125. The summed E-state index contributed by atoms with van der Waals surface area (Å²) in [4.78, 5) is 0.278. The summed E-state index contributed by atoms with van der Waals surface area (Å²) >= 11 is 3.52. The zero-order chi connectivity index (χ0) is 12.6. The SMILES string of the molecule is CCC1(CC)C(Br)CC1OC(C)C(F)(F)F. The van der Waals surface area contributed by atoms with Crippen LogP contribution < -0.4 is 0 Å². The Kier molecular flexibility index (Phi) is 4.33. The van der Waals surface area contributed by atoms with Crippen molar-refractivity contribution in [3.63, 3.8) is 0 Å². The van der Waals surface area contributed by atoms with Crippen molar-refractivity contribution in [1.82, 2.24) is 0 Å². The number of alkyl halides is 4. The molecule has 3 unspecified atom stereocenters. The molecule has 96 valence electrons. The van der Waals surface area contributed by atoms with E-state index in [-0.39, 0.29) is 16.3 Å². The molecule has 3 atom stereocenters. The fourth-order valence-corrected chi connectivity index (χ4v) is 3.64. The first-order valence-electron chi connectivity index (χ1n) is 5.64. The molecule has 0 amide bonds. The third-order valence-electron chi connectivity index (χ3n) is 3.83. The molecular formula is C11H18BrF3O. The van der Waals surface area contributed by atoms with E-state index in [1.165, 1.54) is 0 Å². The molecule has 1 saturated carbocycles. The second-order valence-electron chi connectivity index (χ2n) is 4.45. The Balaban J connectivity index is 2.63. The summed E-state index contributed by atoms with van der Waals surface area (Å²) < 4.78 is 42.3. The van der Waals surface area contributed by atoms with Gasteiger partial charge in [0.25, 0.3) is 0 Å². The van der Waals surface area contributed by atoms with Gasteiger partial charge in [0, 0.05) is 10.2 Å². The quantitative estimate of drug-likeness (QED) is 0.704. The molecule has 0 heterocycles. The number of hydrogen-bond acceptors (Lipinski definition) is 1. The Morgan fingerprint density at radius 3 is 2.19 bits per heavy atom. The Labute approximate surface area is 103 Å². The molecule has 5 heteroatoms. The van der Waals surface area contributed by atoms with Gasteiger partial charge in [0.05, 0.1) is 6.10 Å². The smallest absolute Gasteiger partial charge is 0.365 e. The Morgan fingerprint density at radius 2 is 1.88 bits per heavy atom. The lowest BCUT2D eigenvalue weighted by Gasteiger charge is -2.53. The van der Waals surface area contributed by atoms with Gasteiger partial charge in [-0.2, -0.15) is 13.2 Å². The van der Waals surface area contributed by atoms with Crippen molar-refractivity contribution in [2.75, 3.05) is 0 Å². The molecule has 0 radical (unpaired) electrons. The van der Waals surface area contributed by atoms with Crippen molar-refractivity contribution in [2.45, 2.75) is 63.2 Å². The van der Waals surface area contributed by atoms with Crippen LogP contribution in [0.15, 0.2) is 0 Å². The number of halogens is 4. The van der Waals surface area contributed by atoms with Crippen molar-refractivity contribution in [1.29, 1.82) is 0 Å². The van der Waals surface area contributed by atoms with Crippen molar-refractivity contribution in [3.05, 3.63) is 0 Å². The summed E-state index contributed by atoms with van der Waals surface area (Å²) in [6.45, 7) is 5.09. The van der Waals surface area contributed by atoms with E-state index < -0.39 is 12.3 Å². The van der Waals surface area contributed by atoms with Crippen molar-refractivity contribution in [2.24, 2.45) is 5.41 Å². The summed E-state index contributed by atoms with van der Waals surface area (Å²) in [6.07, 6.45) is -3.85. The van der Waals surface area contributed by atoms with Gasteiger partial charge in [0.1, 0.15) is 0 Å². The van der Waals surface area contributed by atoms with Crippen LogP contribution in [0.3, 0.4) is 0 Å². The van der Waals surface area contributed by atoms with Gasteiger partial charge in [0.2, 0.25) is 0 Å². The first-order valence-corrected chi connectivity index (χ1v) is 6.55. The molecule has 0 saturated heterocycles. The molecule has 0 bridgehead atoms. The van der Waals surface area contributed by atoms with Crippen LogP contribution in [-0.2, 0) is 4.74 Å². The average Bonchev–Trinajstić information content (AvgIpc) is 2.17. The highest BCUT2D eigenvalue weighted by Crippen LogP contribution is 2.53. The zero-order valence-corrected chi connectivity index (χ0v) is 11.4. The second kappa shape index (κ2) is 4.84. The molecular weight excluding hydrogens is 285 g/mol. The molecule has 0 N–H and O–H groups in total. The minimum Gasteiger partial charge on any atom is -0.365 e. The summed E-state index contributed by atoms with van der Waals surface area (Å²) in [5.74, 6) is 0. The number of ether oxygens (including phenoxy) is 1. The van der Waals surface area contributed by atoms with E-state index in [1.807, 2.05) is 13.8 Å². The fraction of sp³-hybridized carbons (Fsp3) is 1.00. The number of hydrogen-bond donors (Lipinski definition) is 0. The lowest BCUT2D eigenvalue weighted by molar-refractivity contribution is -0.254. The highest BCUT2D eigenvalue weighted by molar-refractivity contribution is 9.09. The van der Waals surface area contributed by atoms with Crippen LogP contribution in [0.5, 0.6) is 0 Å². The van der Waals surface area contributed by atoms with Crippen LogP contribution in [0.1, 0.15) is 40.0 Å². The molecule has 1 aliphatic rings. The Hall–Kier alpha value is 0.230. The van der Waals surface area contributed by atoms with Crippen LogP contribution in [0.2, 0.25) is 0 Å². The van der Waals surface area contributed by atoms with Gasteiger partial charge in [-0.1, -0.05) is 29.8 Å². The molecule has 1 rings (SSSR count). The molecule has 0 aliphatic heterocycles. The van der Waals surface area contributed by atoms with E-state index in [0.29, 0.717) is 6.42 Å².